The van der Waals surface area contributed by atoms with Gasteiger partial charge in [-0.3, -0.25) is 19.2 Å². The van der Waals surface area contributed by atoms with E-state index in [0.29, 0.717) is 58.2 Å². The molecule has 0 saturated heterocycles. The van der Waals surface area contributed by atoms with Crippen molar-refractivity contribution < 1.29 is 57.9 Å². The van der Waals surface area contributed by atoms with Crippen LogP contribution in [0.4, 0.5) is 0 Å². The molecule has 0 aromatic rings. The number of hydrogen-bond donors (Lipinski definition) is 4. The molecule has 0 spiro atoms. The fourth-order valence-corrected chi connectivity index (χ4v) is 6.05. The topological polar surface area (TPSA) is 204 Å². The quantitative estimate of drug-likeness (QED) is 0.0429. The maximum absolute atomic E-state index is 12.3. The number of carboxylic acids is 2. The Morgan fingerprint density at radius 1 is 0.492 bits per heavy atom. The molecule has 4 N–H and O–H groups in total. The summed E-state index contributed by atoms with van der Waals surface area (Å²) in [5.41, 5.74) is 0. The number of Topliss-reactive ketones (excluding diaryl/α,β-unsaturated/α-hetero) is 2. The molecule has 14 nitrogen and oxygen atoms in total. The van der Waals surface area contributed by atoms with Crippen molar-refractivity contribution in [2.45, 2.75) is 194 Å². The Kier molecular flexibility index (Phi) is 45.5. The van der Waals surface area contributed by atoms with Gasteiger partial charge in [-0.1, -0.05) is 110 Å². The molecule has 0 aromatic heterocycles. The third-order valence-corrected chi connectivity index (χ3v) is 9.52. The lowest BCUT2D eigenvalue weighted by Gasteiger charge is -2.14. The minimum Gasteiger partial charge on any atom is -0.481 e. The predicted octanol–water partition coefficient (Wildman–Crippen LogP) is 8.15. The van der Waals surface area contributed by atoms with Gasteiger partial charge in [-0.25, -0.2) is 4.79 Å². The van der Waals surface area contributed by atoms with Gasteiger partial charge in [0.1, 0.15) is 24.2 Å². The van der Waals surface area contributed by atoms with Gasteiger partial charge in [0.15, 0.2) is 0 Å². The third-order valence-electron chi connectivity index (χ3n) is 9.52. The van der Waals surface area contributed by atoms with Crippen LogP contribution in [-0.4, -0.2) is 111 Å². The highest BCUT2D eigenvalue weighted by molar-refractivity contribution is 5.84. The van der Waals surface area contributed by atoms with Crippen LogP contribution < -0.4 is 10.6 Å². The zero-order chi connectivity index (χ0) is 44.0. The van der Waals surface area contributed by atoms with Crippen LogP contribution in [0.3, 0.4) is 0 Å². The van der Waals surface area contributed by atoms with Crippen molar-refractivity contribution in [1.29, 1.82) is 0 Å². The number of carboxylic acid groups (broad SMARTS) is 2. The van der Waals surface area contributed by atoms with Crippen molar-refractivity contribution in [3.8, 4) is 0 Å². The molecule has 14 heteroatoms. The molecule has 0 aliphatic rings. The highest BCUT2D eigenvalue weighted by atomic mass is 16.5. The Morgan fingerprint density at radius 3 is 1.51 bits per heavy atom. The van der Waals surface area contributed by atoms with Crippen LogP contribution in [0, 0.1) is 0 Å². The number of rotatable bonds is 44. The Morgan fingerprint density at radius 2 is 0.983 bits per heavy atom. The van der Waals surface area contributed by atoms with Crippen molar-refractivity contribution in [3.05, 3.63) is 0 Å². The second-order valence-corrected chi connectivity index (χ2v) is 15.2. The average molecular weight is 845 g/mol. The van der Waals surface area contributed by atoms with Crippen molar-refractivity contribution in [2.24, 2.45) is 0 Å². The first-order valence-electron chi connectivity index (χ1n) is 22.9. The molecule has 59 heavy (non-hydrogen) atoms. The highest BCUT2D eigenvalue weighted by Gasteiger charge is 2.20. The minimum atomic E-state index is -1.14. The standard InChI is InChI=1S/C36H66N2O11.C9H18O/c1-2-46-26-27-48-25-23-37-34(41)30-49-29-28-47-24-17-18-31(39)21-22-32(36(44)45)38-33(40)19-15-13-11-9-7-5-3-4-6-8-10-12-14-16-20-35(42)43;1-3-4-5-6-7-8-9(2)10/h32H,2-30H2,1H3,(H,37,41)(H,38,40)(H,42,43)(H,44,45);3-8H2,1-2H3/t32-;/m0./s1. The van der Waals surface area contributed by atoms with Crippen LogP contribution in [0.2, 0.25) is 0 Å². The van der Waals surface area contributed by atoms with E-state index in [-0.39, 0.29) is 69.5 Å². The molecule has 0 radical (unpaired) electrons. The van der Waals surface area contributed by atoms with Gasteiger partial charge in [-0.2, -0.15) is 0 Å². The molecule has 1 atom stereocenters. The number of nitrogens with one attached hydrogen (secondary N) is 2. The largest absolute Gasteiger partial charge is 0.481 e. The lowest BCUT2D eigenvalue weighted by Crippen LogP contribution is -2.41. The molecule has 0 saturated carbocycles. The van der Waals surface area contributed by atoms with Gasteiger partial charge < -0.3 is 44.6 Å². The molecule has 0 unspecified atom stereocenters. The van der Waals surface area contributed by atoms with Crippen molar-refractivity contribution in [2.75, 3.05) is 59.4 Å². The molecule has 0 bridgehead atoms. The van der Waals surface area contributed by atoms with E-state index >= 15 is 0 Å². The maximum Gasteiger partial charge on any atom is 0.326 e. The fraction of sp³-hybridized carbons (Fsp3) is 0.867. The summed E-state index contributed by atoms with van der Waals surface area (Å²) in [7, 11) is 0. The number of ether oxygens (including phenoxy) is 4. The lowest BCUT2D eigenvalue weighted by molar-refractivity contribution is -0.142. The van der Waals surface area contributed by atoms with E-state index in [1.165, 1.54) is 70.6 Å². The third kappa shape index (κ3) is 49.3. The van der Waals surface area contributed by atoms with Gasteiger partial charge in [0, 0.05) is 51.9 Å². The Labute approximate surface area is 356 Å². The SMILES string of the molecule is CCCCCCCC(C)=O.CCOCCOCCNC(=O)COCCOCCCC(=O)CC[C@H](NC(=O)CCCCCCCCCCCCCCCCC(=O)O)C(=O)O. The van der Waals surface area contributed by atoms with Crippen LogP contribution in [0.1, 0.15) is 188 Å². The summed E-state index contributed by atoms with van der Waals surface area (Å²) < 4.78 is 21.2. The first-order chi connectivity index (χ1) is 28.5. The summed E-state index contributed by atoms with van der Waals surface area (Å²) in [5, 5.41) is 23.4. The number of carbonyl (C=O) groups is 6. The second kappa shape index (κ2) is 46.1. The number of aliphatic carboxylic acids is 2. The van der Waals surface area contributed by atoms with Gasteiger partial charge >= 0.3 is 11.9 Å². The summed E-state index contributed by atoms with van der Waals surface area (Å²) >= 11 is 0. The van der Waals surface area contributed by atoms with Gasteiger partial charge in [0.2, 0.25) is 11.8 Å². The Bertz CT molecular complexity index is 1040. The number of carbonyl (C=O) groups excluding carboxylic acids is 4. The zero-order valence-electron chi connectivity index (χ0n) is 37.3. The first-order valence-corrected chi connectivity index (χ1v) is 22.9. The molecule has 0 aliphatic heterocycles. The van der Waals surface area contributed by atoms with E-state index in [2.05, 4.69) is 17.6 Å². The minimum absolute atomic E-state index is 0.0584. The van der Waals surface area contributed by atoms with Crippen LogP contribution in [0.25, 0.3) is 0 Å². The van der Waals surface area contributed by atoms with E-state index in [4.69, 9.17) is 24.1 Å². The van der Waals surface area contributed by atoms with E-state index in [1.54, 1.807) is 6.92 Å². The Hall–Kier alpha value is -2.94. The van der Waals surface area contributed by atoms with E-state index < -0.39 is 18.0 Å². The van der Waals surface area contributed by atoms with E-state index in [9.17, 15) is 33.9 Å². The highest BCUT2D eigenvalue weighted by Crippen LogP contribution is 2.14. The van der Waals surface area contributed by atoms with Crippen molar-refractivity contribution >= 4 is 35.3 Å². The van der Waals surface area contributed by atoms with E-state index in [0.717, 1.165) is 51.4 Å². The molecule has 0 aliphatic carbocycles. The molecule has 0 aromatic carbocycles. The van der Waals surface area contributed by atoms with Crippen LogP contribution in [0.5, 0.6) is 0 Å². The number of unbranched alkanes of at least 4 members (excludes halogenated alkanes) is 17. The maximum atomic E-state index is 12.3. The summed E-state index contributed by atoms with van der Waals surface area (Å²) in [4.78, 5) is 68.8. The van der Waals surface area contributed by atoms with Crippen LogP contribution in [-0.2, 0) is 47.7 Å². The van der Waals surface area contributed by atoms with Crippen molar-refractivity contribution in [1.82, 2.24) is 10.6 Å². The molecular weight excluding hydrogens is 760 g/mol. The fourth-order valence-electron chi connectivity index (χ4n) is 6.05. The van der Waals surface area contributed by atoms with Gasteiger partial charge in [-0.15, -0.1) is 0 Å². The summed E-state index contributed by atoms with van der Waals surface area (Å²) in [6.45, 7) is 9.03. The second-order valence-electron chi connectivity index (χ2n) is 15.2. The molecule has 2 amide bonds. The number of amides is 2. The normalized spacial score (nSPS) is 11.4. The number of hydrogen-bond acceptors (Lipinski definition) is 10. The lowest BCUT2D eigenvalue weighted by atomic mass is 10.0. The van der Waals surface area contributed by atoms with Gasteiger partial charge in [-0.05, 0) is 46.0 Å². The van der Waals surface area contributed by atoms with Gasteiger partial charge in [0.05, 0.1) is 33.0 Å². The summed E-state index contributed by atoms with van der Waals surface area (Å²) in [6.07, 6.45) is 23.7. The van der Waals surface area contributed by atoms with Crippen LogP contribution >= 0.6 is 0 Å². The smallest absolute Gasteiger partial charge is 0.326 e. The molecule has 0 heterocycles. The average Bonchev–Trinajstić information content (AvgIpc) is 3.19. The Balaban J connectivity index is 0. The molecule has 0 fully saturated rings. The number of ketones is 2. The van der Waals surface area contributed by atoms with Crippen LogP contribution in [0.15, 0.2) is 0 Å². The first kappa shape index (κ1) is 58.2. The monoisotopic (exact) mass is 845 g/mol. The summed E-state index contributed by atoms with van der Waals surface area (Å²) in [5.74, 6) is -2.13. The molecule has 346 valence electrons. The molecule has 0 rings (SSSR count). The summed E-state index contributed by atoms with van der Waals surface area (Å²) in [6, 6.07) is -1.08. The van der Waals surface area contributed by atoms with Crippen molar-refractivity contribution in [3.63, 3.8) is 0 Å². The predicted molar refractivity (Wildman–Crippen MR) is 231 cm³/mol. The van der Waals surface area contributed by atoms with E-state index in [1.807, 2.05) is 6.92 Å². The van der Waals surface area contributed by atoms with Gasteiger partial charge in [0.25, 0.3) is 0 Å². The molecular formula is C45H84N2O12. The zero-order valence-corrected chi connectivity index (χ0v) is 37.3.